The first-order valence-corrected chi connectivity index (χ1v) is 11.2. The van der Waals surface area contributed by atoms with E-state index in [2.05, 4.69) is 28.0 Å². The largest absolute Gasteiger partial charge is 0.486 e. The molecule has 4 nitrogen and oxygen atoms in total. The highest BCUT2D eigenvalue weighted by Gasteiger charge is 2.47. The van der Waals surface area contributed by atoms with Crippen molar-refractivity contribution in [3.05, 3.63) is 23.8 Å². The van der Waals surface area contributed by atoms with Gasteiger partial charge in [0.05, 0.1) is 0 Å². The summed E-state index contributed by atoms with van der Waals surface area (Å²) in [5.41, 5.74) is 1.37. The first-order valence-electron chi connectivity index (χ1n) is 11.2. The van der Waals surface area contributed by atoms with E-state index in [4.69, 9.17) is 9.47 Å². The molecule has 4 fully saturated rings. The standard InChI is InChI=1S/C23H32N2O2/c1-2-20(18-5-6-18)25-14-17-10-19(21(25)3-1)15-24(13-17)12-16-4-7-22-23(11-16)27-9-8-26-22/h4,7,11,17-21H,1-3,5-6,8-10,12-15H2/t17-,19+,20+,21-/m0/s1. The van der Waals surface area contributed by atoms with Gasteiger partial charge in [0.2, 0.25) is 0 Å². The zero-order chi connectivity index (χ0) is 17.8. The van der Waals surface area contributed by atoms with E-state index in [0.29, 0.717) is 13.2 Å². The lowest BCUT2D eigenvalue weighted by Gasteiger charge is -2.55. The highest BCUT2D eigenvalue weighted by molar-refractivity contribution is 5.43. The summed E-state index contributed by atoms with van der Waals surface area (Å²) in [6.45, 7) is 6.31. The monoisotopic (exact) mass is 368 g/mol. The van der Waals surface area contributed by atoms with Gasteiger partial charge in [-0.25, -0.2) is 0 Å². The molecule has 1 aromatic rings. The second kappa shape index (κ2) is 6.66. The number of piperidine rings is 3. The van der Waals surface area contributed by atoms with Crippen LogP contribution in [0.2, 0.25) is 0 Å². The molecule has 4 atom stereocenters. The summed E-state index contributed by atoms with van der Waals surface area (Å²) in [6.07, 6.45) is 8.85. The Hall–Kier alpha value is -1.26. The maximum Gasteiger partial charge on any atom is 0.161 e. The van der Waals surface area contributed by atoms with Gasteiger partial charge in [-0.05, 0) is 67.6 Å². The molecule has 0 spiro atoms. The van der Waals surface area contributed by atoms with Crippen molar-refractivity contribution < 1.29 is 9.47 Å². The van der Waals surface area contributed by atoms with E-state index >= 15 is 0 Å². The van der Waals surface area contributed by atoms with Crippen LogP contribution in [0, 0.1) is 17.8 Å². The topological polar surface area (TPSA) is 24.9 Å². The van der Waals surface area contributed by atoms with Crippen LogP contribution >= 0.6 is 0 Å². The predicted molar refractivity (Wildman–Crippen MR) is 105 cm³/mol. The highest BCUT2D eigenvalue weighted by atomic mass is 16.6. The predicted octanol–water partition coefficient (Wildman–Crippen LogP) is 3.54. The van der Waals surface area contributed by atoms with Gasteiger partial charge >= 0.3 is 0 Å². The Balaban J connectivity index is 1.16. The molecular weight excluding hydrogens is 336 g/mol. The number of rotatable bonds is 3. The molecule has 0 amide bonds. The summed E-state index contributed by atoms with van der Waals surface area (Å²) in [6, 6.07) is 8.32. The summed E-state index contributed by atoms with van der Waals surface area (Å²) in [5, 5.41) is 0. The number of nitrogens with zero attached hydrogens (tertiary/aromatic N) is 2. The molecule has 6 rings (SSSR count). The van der Waals surface area contributed by atoms with Crippen LogP contribution in [0.3, 0.4) is 0 Å². The van der Waals surface area contributed by atoms with Crippen molar-refractivity contribution in [3.63, 3.8) is 0 Å². The van der Waals surface area contributed by atoms with Crippen LogP contribution < -0.4 is 9.47 Å². The molecule has 3 saturated heterocycles. The molecule has 1 aliphatic carbocycles. The van der Waals surface area contributed by atoms with Crippen molar-refractivity contribution in [1.29, 1.82) is 0 Å². The minimum Gasteiger partial charge on any atom is -0.486 e. The molecule has 4 heteroatoms. The second-order valence-corrected chi connectivity index (χ2v) is 9.63. The number of fused-ring (bicyclic) bond motifs is 5. The summed E-state index contributed by atoms with van der Waals surface area (Å²) < 4.78 is 11.5. The Kier molecular flexibility index (Phi) is 4.12. The third-order valence-corrected chi connectivity index (χ3v) is 7.69. The van der Waals surface area contributed by atoms with Gasteiger partial charge < -0.3 is 9.47 Å². The summed E-state index contributed by atoms with van der Waals surface area (Å²) in [7, 11) is 0. The number of hydrogen-bond acceptors (Lipinski definition) is 4. The van der Waals surface area contributed by atoms with Crippen LogP contribution in [-0.4, -0.2) is 54.7 Å². The minimum atomic E-state index is 0.668. The molecule has 1 saturated carbocycles. The second-order valence-electron chi connectivity index (χ2n) is 9.63. The molecule has 146 valence electrons. The zero-order valence-corrected chi connectivity index (χ0v) is 16.3. The molecule has 0 radical (unpaired) electrons. The van der Waals surface area contributed by atoms with Gasteiger partial charge in [-0.2, -0.15) is 0 Å². The molecule has 5 aliphatic rings. The van der Waals surface area contributed by atoms with E-state index in [0.717, 1.165) is 47.9 Å². The number of hydrogen-bond donors (Lipinski definition) is 0. The van der Waals surface area contributed by atoms with E-state index in [1.165, 1.54) is 63.7 Å². The molecule has 0 unspecified atom stereocenters. The summed E-state index contributed by atoms with van der Waals surface area (Å²) >= 11 is 0. The van der Waals surface area contributed by atoms with Gasteiger partial charge in [-0.3, -0.25) is 9.80 Å². The SMILES string of the molecule is c1cc2c(cc1CN1C[C@@H]3C[C@H](C1)[C@@H]1CCC[C@H](C4CC4)N1C3)OCCO2. The van der Waals surface area contributed by atoms with Crippen molar-refractivity contribution in [3.8, 4) is 11.5 Å². The number of benzene rings is 1. The van der Waals surface area contributed by atoms with Crippen molar-refractivity contribution in [1.82, 2.24) is 9.80 Å². The van der Waals surface area contributed by atoms with Crippen molar-refractivity contribution in [2.45, 2.75) is 57.2 Å². The fraction of sp³-hybridized carbons (Fsp3) is 0.739. The first kappa shape index (κ1) is 16.7. The lowest BCUT2D eigenvalue weighted by atomic mass is 9.74. The van der Waals surface area contributed by atoms with E-state index in [-0.39, 0.29) is 0 Å². The molecule has 0 N–H and O–H groups in total. The highest BCUT2D eigenvalue weighted by Crippen LogP contribution is 2.46. The third-order valence-electron chi connectivity index (χ3n) is 7.69. The van der Waals surface area contributed by atoms with E-state index in [1.807, 2.05) is 0 Å². The van der Waals surface area contributed by atoms with Crippen molar-refractivity contribution in [2.24, 2.45) is 17.8 Å². The summed E-state index contributed by atoms with van der Waals surface area (Å²) in [4.78, 5) is 5.71. The zero-order valence-electron chi connectivity index (χ0n) is 16.3. The van der Waals surface area contributed by atoms with E-state index < -0.39 is 0 Å². The van der Waals surface area contributed by atoms with Crippen LogP contribution in [0.25, 0.3) is 0 Å². The quantitative estimate of drug-likeness (QED) is 0.815. The molecule has 0 aromatic heterocycles. The van der Waals surface area contributed by atoms with Gasteiger partial charge in [0, 0.05) is 38.3 Å². The molecule has 2 bridgehead atoms. The maximum absolute atomic E-state index is 5.79. The minimum absolute atomic E-state index is 0.668. The average molecular weight is 369 g/mol. The fourth-order valence-corrected chi connectivity index (χ4v) is 6.51. The Morgan fingerprint density at radius 3 is 2.52 bits per heavy atom. The fourth-order valence-electron chi connectivity index (χ4n) is 6.51. The Morgan fingerprint density at radius 1 is 0.852 bits per heavy atom. The van der Waals surface area contributed by atoms with Crippen LogP contribution in [0.15, 0.2) is 18.2 Å². The van der Waals surface area contributed by atoms with Gasteiger partial charge in [0.1, 0.15) is 13.2 Å². The van der Waals surface area contributed by atoms with Crippen molar-refractivity contribution in [2.75, 3.05) is 32.8 Å². The molecule has 1 aromatic carbocycles. The summed E-state index contributed by atoms with van der Waals surface area (Å²) in [5.74, 6) is 4.64. The number of likely N-dealkylation sites (tertiary alicyclic amines) is 1. The lowest BCUT2D eigenvalue weighted by molar-refractivity contribution is -0.0628. The molecule has 4 heterocycles. The van der Waals surface area contributed by atoms with Gasteiger partial charge in [-0.15, -0.1) is 0 Å². The van der Waals surface area contributed by atoms with Crippen LogP contribution in [-0.2, 0) is 6.54 Å². The molecule has 4 aliphatic heterocycles. The van der Waals surface area contributed by atoms with Crippen molar-refractivity contribution >= 4 is 0 Å². The van der Waals surface area contributed by atoms with Crippen LogP contribution in [0.4, 0.5) is 0 Å². The van der Waals surface area contributed by atoms with Gasteiger partial charge in [0.25, 0.3) is 0 Å². The Bertz CT molecular complexity index is 704. The first-order chi connectivity index (χ1) is 13.3. The van der Waals surface area contributed by atoms with Gasteiger partial charge in [-0.1, -0.05) is 12.5 Å². The number of ether oxygens (including phenoxy) is 2. The molecule has 27 heavy (non-hydrogen) atoms. The average Bonchev–Trinajstić information content (AvgIpc) is 3.53. The maximum atomic E-state index is 5.79. The lowest BCUT2D eigenvalue weighted by Crippen LogP contribution is -2.61. The van der Waals surface area contributed by atoms with Gasteiger partial charge in [0.15, 0.2) is 11.5 Å². The molecular formula is C23H32N2O2. The third kappa shape index (κ3) is 3.15. The van der Waals surface area contributed by atoms with Crippen LogP contribution in [0.1, 0.15) is 44.1 Å². The van der Waals surface area contributed by atoms with E-state index in [9.17, 15) is 0 Å². The Morgan fingerprint density at radius 2 is 1.67 bits per heavy atom. The van der Waals surface area contributed by atoms with E-state index in [1.54, 1.807) is 0 Å². The smallest absolute Gasteiger partial charge is 0.161 e. The Labute approximate surface area is 162 Å². The normalized spacial score (nSPS) is 36.3. The van der Waals surface area contributed by atoms with Crippen LogP contribution in [0.5, 0.6) is 11.5 Å².